The van der Waals surface area contributed by atoms with Crippen LogP contribution < -0.4 is 10.6 Å². The fraction of sp³-hybridized carbons (Fsp3) is 0.393. The molecule has 0 saturated carbocycles. The second-order valence-electron chi connectivity index (χ2n) is 9.76. The molecular formula is C28H33FN2O6. The molecule has 0 bridgehead atoms. The van der Waals surface area contributed by atoms with Gasteiger partial charge in [0.25, 0.3) is 5.91 Å². The van der Waals surface area contributed by atoms with Crippen molar-refractivity contribution in [2.75, 3.05) is 18.5 Å². The van der Waals surface area contributed by atoms with Crippen LogP contribution >= 0.6 is 0 Å². The van der Waals surface area contributed by atoms with E-state index in [4.69, 9.17) is 9.47 Å². The van der Waals surface area contributed by atoms with Gasteiger partial charge in [0, 0.05) is 29.9 Å². The van der Waals surface area contributed by atoms with E-state index in [-0.39, 0.29) is 19.9 Å². The summed E-state index contributed by atoms with van der Waals surface area (Å²) in [6.07, 6.45) is -1.70. The summed E-state index contributed by atoms with van der Waals surface area (Å²) < 4.78 is 25.5. The molecule has 2 aromatic rings. The minimum atomic E-state index is -1.10. The molecule has 198 valence electrons. The van der Waals surface area contributed by atoms with Crippen molar-refractivity contribution in [3.05, 3.63) is 76.8 Å². The number of aliphatic hydroxyl groups is 3. The lowest BCUT2D eigenvalue weighted by Crippen LogP contribution is -2.38. The molecule has 3 heterocycles. The van der Waals surface area contributed by atoms with Crippen LogP contribution in [-0.4, -0.2) is 64.4 Å². The molecule has 9 heteroatoms. The quantitative estimate of drug-likeness (QED) is 0.378. The molecule has 5 N–H and O–H groups in total. The van der Waals surface area contributed by atoms with Crippen LogP contribution in [0, 0.1) is 5.82 Å². The maximum Gasteiger partial charge on any atom is 0.260 e. The predicted molar refractivity (Wildman–Crippen MR) is 138 cm³/mol. The number of carbonyl (C=O) groups excluding carboxylic acids is 1. The summed E-state index contributed by atoms with van der Waals surface area (Å²) in [5.74, 6) is -0.344. The van der Waals surface area contributed by atoms with Gasteiger partial charge < -0.3 is 35.4 Å². The Balaban J connectivity index is 0.00000320. The topological polar surface area (TPSA) is 120 Å². The number of halogens is 1. The first-order valence-electron chi connectivity index (χ1n) is 11.9. The number of amides is 1. The molecule has 0 radical (unpaired) electrons. The van der Waals surface area contributed by atoms with E-state index in [1.54, 1.807) is 6.07 Å². The zero-order valence-corrected chi connectivity index (χ0v) is 20.0. The Hall–Kier alpha value is -3.08. The van der Waals surface area contributed by atoms with Gasteiger partial charge in [0.05, 0.1) is 18.3 Å². The average molecular weight is 513 g/mol. The molecule has 2 aromatic carbocycles. The first-order valence-corrected chi connectivity index (χ1v) is 11.9. The number of aliphatic hydroxyl groups excluding tert-OH is 3. The Labute approximate surface area is 215 Å². The molecule has 5 rings (SSSR count). The van der Waals surface area contributed by atoms with Crippen LogP contribution in [0.4, 0.5) is 10.1 Å². The third kappa shape index (κ3) is 5.05. The normalized spacial score (nSPS) is 27.8. The van der Waals surface area contributed by atoms with Crippen LogP contribution in [0.1, 0.15) is 38.0 Å². The Bertz CT molecular complexity index is 1240. The number of carbonyl (C=O) groups is 1. The maximum atomic E-state index is 13.9. The largest absolute Gasteiger partial charge is 0.482 e. The van der Waals surface area contributed by atoms with E-state index < -0.39 is 35.8 Å². The molecule has 0 unspecified atom stereocenters. The minimum absolute atomic E-state index is 0. The summed E-state index contributed by atoms with van der Waals surface area (Å²) in [6.45, 7) is 4.33. The van der Waals surface area contributed by atoms with E-state index in [1.807, 2.05) is 44.2 Å². The summed E-state index contributed by atoms with van der Waals surface area (Å²) in [7, 11) is 0. The lowest BCUT2D eigenvalue weighted by Gasteiger charge is -2.23. The number of fused-ring (bicyclic) bond motifs is 1. The van der Waals surface area contributed by atoms with Gasteiger partial charge in [0.15, 0.2) is 0 Å². The van der Waals surface area contributed by atoms with Crippen LogP contribution in [0.25, 0.3) is 11.1 Å². The van der Waals surface area contributed by atoms with E-state index >= 15 is 0 Å². The van der Waals surface area contributed by atoms with Crippen molar-refractivity contribution >= 4 is 22.7 Å². The van der Waals surface area contributed by atoms with E-state index in [1.165, 1.54) is 12.1 Å². The van der Waals surface area contributed by atoms with E-state index in [0.717, 1.165) is 16.7 Å². The molecule has 3 aliphatic heterocycles. The zero-order chi connectivity index (χ0) is 25.6. The molecular weight excluding hydrogens is 479 g/mol. The average Bonchev–Trinajstić information content (AvgIpc) is 3.44. The van der Waals surface area contributed by atoms with Crippen molar-refractivity contribution < 1.29 is 34.0 Å². The zero-order valence-electron chi connectivity index (χ0n) is 20.0. The first kappa shape index (κ1) is 27.0. The first-order chi connectivity index (χ1) is 17.2. The van der Waals surface area contributed by atoms with E-state index in [0.29, 0.717) is 35.7 Å². The summed E-state index contributed by atoms with van der Waals surface area (Å²) in [5, 5.41) is 35.1. The lowest BCUT2D eigenvalue weighted by atomic mass is 9.91. The number of hydrogen-bond acceptors (Lipinski definition) is 7. The molecule has 1 saturated heterocycles. The van der Waals surface area contributed by atoms with Gasteiger partial charge in [0.1, 0.15) is 35.5 Å². The highest BCUT2D eigenvalue weighted by Crippen LogP contribution is 2.44. The second-order valence-corrected chi connectivity index (χ2v) is 9.76. The molecule has 0 aliphatic carbocycles. The molecule has 1 amide bonds. The van der Waals surface area contributed by atoms with Gasteiger partial charge in [-0.1, -0.05) is 31.7 Å². The number of allylic oxidation sites excluding steroid dienone is 1. The number of rotatable bonds is 6. The van der Waals surface area contributed by atoms with Crippen LogP contribution in [-0.2, 0) is 20.8 Å². The highest BCUT2D eigenvalue weighted by atomic mass is 19.1. The molecule has 0 spiro atoms. The van der Waals surface area contributed by atoms with Crippen molar-refractivity contribution in [2.24, 2.45) is 0 Å². The van der Waals surface area contributed by atoms with Gasteiger partial charge in [-0.05, 0) is 49.2 Å². The van der Waals surface area contributed by atoms with Crippen molar-refractivity contribution in [1.29, 1.82) is 0 Å². The van der Waals surface area contributed by atoms with E-state index in [9.17, 15) is 24.5 Å². The SMILES string of the molecule is C.CC1(C)O/C(=C2/C(=O)Nc3ccc(F)cc32)C=C1c1ccc(CNC[C@H]2O[C@H](CO)[C@@H](O)[C@@H]2O)cc1. The monoisotopic (exact) mass is 512 g/mol. The fourth-order valence-corrected chi connectivity index (χ4v) is 4.91. The Morgan fingerprint density at radius 2 is 1.78 bits per heavy atom. The molecule has 37 heavy (non-hydrogen) atoms. The van der Waals surface area contributed by atoms with Gasteiger partial charge in [0.2, 0.25) is 0 Å². The maximum absolute atomic E-state index is 13.9. The lowest BCUT2D eigenvalue weighted by molar-refractivity contribution is -0.111. The standard InChI is InChI=1S/C27H29FN2O6.CH4/c1-27(2)18(10-20(36-27)23-17-9-16(28)7-8-19(17)30-26(23)34)15-5-3-14(4-6-15)11-29-12-21-24(32)25(33)22(13-31)35-21;/h3-10,21-22,24-25,29,31-33H,11-13H2,1-2H3,(H,30,34);1H4/b23-20+;/t21-,22-,24-,25-;/m1./s1. The molecule has 0 aromatic heterocycles. The van der Waals surface area contributed by atoms with Crippen LogP contribution in [0.15, 0.2) is 54.3 Å². The highest BCUT2D eigenvalue weighted by Gasteiger charge is 2.42. The molecule has 1 fully saturated rings. The third-order valence-electron chi connectivity index (χ3n) is 6.84. The molecule has 4 atom stereocenters. The molecule has 8 nitrogen and oxygen atoms in total. The van der Waals surface area contributed by atoms with Crippen molar-refractivity contribution in [3.8, 4) is 0 Å². The number of anilines is 1. The van der Waals surface area contributed by atoms with Crippen molar-refractivity contribution in [2.45, 2.75) is 57.8 Å². The number of nitrogens with one attached hydrogen (secondary N) is 2. The van der Waals surface area contributed by atoms with Crippen molar-refractivity contribution in [3.63, 3.8) is 0 Å². The van der Waals surface area contributed by atoms with Gasteiger partial charge in [-0.15, -0.1) is 0 Å². The summed E-state index contributed by atoms with van der Waals surface area (Å²) in [6, 6.07) is 12.1. The van der Waals surface area contributed by atoms with Gasteiger partial charge in [-0.3, -0.25) is 4.79 Å². The van der Waals surface area contributed by atoms with Gasteiger partial charge >= 0.3 is 0 Å². The van der Waals surface area contributed by atoms with Crippen LogP contribution in [0.5, 0.6) is 0 Å². The summed E-state index contributed by atoms with van der Waals surface area (Å²) >= 11 is 0. The number of benzene rings is 2. The van der Waals surface area contributed by atoms with Gasteiger partial charge in [-0.25, -0.2) is 4.39 Å². The third-order valence-corrected chi connectivity index (χ3v) is 6.84. The Morgan fingerprint density at radius 3 is 2.46 bits per heavy atom. The number of hydrogen-bond donors (Lipinski definition) is 5. The summed E-state index contributed by atoms with van der Waals surface area (Å²) in [5.41, 5.74) is 3.49. The van der Waals surface area contributed by atoms with Gasteiger partial charge in [-0.2, -0.15) is 0 Å². The van der Waals surface area contributed by atoms with E-state index in [2.05, 4.69) is 10.6 Å². The number of ether oxygens (including phenoxy) is 2. The smallest absolute Gasteiger partial charge is 0.260 e. The Morgan fingerprint density at radius 1 is 1.08 bits per heavy atom. The minimum Gasteiger partial charge on any atom is -0.482 e. The van der Waals surface area contributed by atoms with Crippen molar-refractivity contribution in [1.82, 2.24) is 5.32 Å². The second kappa shape index (κ2) is 10.4. The fourth-order valence-electron chi connectivity index (χ4n) is 4.91. The highest BCUT2D eigenvalue weighted by molar-refractivity contribution is 6.32. The van der Waals surface area contributed by atoms with Crippen LogP contribution in [0.3, 0.4) is 0 Å². The van der Waals surface area contributed by atoms with Crippen LogP contribution in [0.2, 0.25) is 0 Å². The predicted octanol–water partition coefficient (Wildman–Crippen LogP) is 2.59. The summed E-state index contributed by atoms with van der Waals surface area (Å²) in [4.78, 5) is 12.6. The Kier molecular flexibility index (Phi) is 7.55. The molecule has 3 aliphatic rings.